The normalized spacial score (nSPS) is 35.9. The van der Waals surface area contributed by atoms with Crippen molar-refractivity contribution in [3.63, 3.8) is 0 Å². The van der Waals surface area contributed by atoms with Crippen LogP contribution in [0.2, 0.25) is 0 Å². The Morgan fingerprint density at radius 1 is 1.31 bits per heavy atom. The van der Waals surface area contributed by atoms with E-state index in [1.165, 1.54) is 29.5 Å². The van der Waals surface area contributed by atoms with E-state index in [1.54, 1.807) is 0 Å². The Hall–Kier alpha value is -0.340. The van der Waals surface area contributed by atoms with E-state index in [4.69, 9.17) is 0 Å². The van der Waals surface area contributed by atoms with Gasteiger partial charge < -0.3 is 5.32 Å². The largest absolute Gasteiger partial charge is 0.316 e. The molecule has 68 valence electrons. The fraction of sp³-hybridized carbons (Fsp3) is 0.455. The van der Waals surface area contributed by atoms with Gasteiger partial charge in [0.05, 0.1) is 0 Å². The van der Waals surface area contributed by atoms with Gasteiger partial charge >= 0.3 is 0 Å². The van der Waals surface area contributed by atoms with Crippen LogP contribution in [0.3, 0.4) is 0 Å². The number of halogens is 1. The van der Waals surface area contributed by atoms with Crippen LogP contribution in [0.1, 0.15) is 12.0 Å². The molecule has 1 aromatic carbocycles. The zero-order chi connectivity index (χ0) is 8.89. The van der Waals surface area contributed by atoms with Gasteiger partial charge in [-0.25, -0.2) is 0 Å². The highest BCUT2D eigenvalue weighted by molar-refractivity contribution is 9.10. The molecule has 2 atom stereocenters. The van der Waals surface area contributed by atoms with Gasteiger partial charge in [0.25, 0.3) is 0 Å². The molecule has 0 aromatic heterocycles. The van der Waals surface area contributed by atoms with Gasteiger partial charge in [0.1, 0.15) is 0 Å². The van der Waals surface area contributed by atoms with Gasteiger partial charge in [0.15, 0.2) is 0 Å². The quantitative estimate of drug-likeness (QED) is 0.791. The van der Waals surface area contributed by atoms with Crippen LogP contribution in [0.4, 0.5) is 0 Å². The Morgan fingerprint density at radius 2 is 2.08 bits per heavy atom. The minimum Gasteiger partial charge on any atom is -0.316 e. The zero-order valence-electron chi connectivity index (χ0n) is 7.39. The van der Waals surface area contributed by atoms with Crippen molar-refractivity contribution in [2.45, 2.75) is 11.8 Å². The minimum absolute atomic E-state index is 0.515. The highest BCUT2D eigenvalue weighted by Gasteiger charge is 2.57. The van der Waals surface area contributed by atoms with Gasteiger partial charge in [-0.3, -0.25) is 0 Å². The van der Waals surface area contributed by atoms with Gasteiger partial charge in [0.2, 0.25) is 0 Å². The van der Waals surface area contributed by atoms with Crippen LogP contribution < -0.4 is 5.32 Å². The molecule has 1 aliphatic carbocycles. The number of hydrogen-bond acceptors (Lipinski definition) is 1. The standard InChI is InChI=1S/C11H12BrN/c12-10-3-1-8(2-4-10)11-5-9(11)6-13-7-11/h1-4,9,13H,5-7H2. The van der Waals surface area contributed by atoms with E-state index in [2.05, 4.69) is 45.5 Å². The molecule has 0 spiro atoms. The Labute approximate surface area is 86.7 Å². The first-order valence-electron chi connectivity index (χ1n) is 4.78. The van der Waals surface area contributed by atoms with Crippen molar-refractivity contribution >= 4 is 15.9 Å². The van der Waals surface area contributed by atoms with Crippen molar-refractivity contribution in [3.8, 4) is 0 Å². The lowest BCUT2D eigenvalue weighted by Crippen LogP contribution is -2.18. The van der Waals surface area contributed by atoms with Crippen molar-refractivity contribution < 1.29 is 0 Å². The van der Waals surface area contributed by atoms with E-state index in [0.29, 0.717) is 5.41 Å². The maximum atomic E-state index is 3.47. The molecule has 0 amide bonds. The highest BCUT2D eigenvalue weighted by Crippen LogP contribution is 2.56. The second kappa shape index (κ2) is 2.58. The summed E-state index contributed by atoms with van der Waals surface area (Å²) in [5, 5.41) is 3.46. The molecule has 3 rings (SSSR count). The van der Waals surface area contributed by atoms with Crippen LogP contribution >= 0.6 is 15.9 Å². The second-order valence-electron chi connectivity index (χ2n) is 4.19. The fourth-order valence-electron chi connectivity index (χ4n) is 2.57. The predicted octanol–water partition coefficient (Wildman–Crippen LogP) is 2.31. The lowest BCUT2D eigenvalue weighted by atomic mass is 9.95. The Morgan fingerprint density at radius 3 is 2.62 bits per heavy atom. The molecule has 13 heavy (non-hydrogen) atoms. The van der Waals surface area contributed by atoms with Crippen molar-refractivity contribution in [2.24, 2.45) is 5.92 Å². The van der Waals surface area contributed by atoms with Gasteiger partial charge in [-0.15, -0.1) is 0 Å². The van der Waals surface area contributed by atoms with Gasteiger partial charge in [0, 0.05) is 16.4 Å². The van der Waals surface area contributed by atoms with Crippen LogP contribution in [0, 0.1) is 5.92 Å². The van der Waals surface area contributed by atoms with Crippen LogP contribution in [-0.4, -0.2) is 13.1 Å². The molecule has 1 heterocycles. The molecule has 1 nitrogen and oxygen atoms in total. The number of rotatable bonds is 1. The minimum atomic E-state index is 0.515. The molecule has 1 saturated heterocycles. The third-order valence-corrected chi connectivity index (χ3v) is 4.01. The van der Waals surface area contributed by atoms with Crippen molar-refractivity contribution in [3.05, 3.63) is 34.3 Å². The molecule has 0 radical (unpaired) electrons. The monoisotopic (exact) mass is 237 g/mol. The van der Waals surface area contributed by atoms with Gasteiger partial charge in [-0.2, -0.15) is 0 Å². The molecule has 2 heteroatoms. The maximum absolute atomic E-state index is 3.47. The lowest BCUT2D eigenvalue weighted by Gasteiger charge is -2.11. The average Bonchev–Trinajstić information content (AvgIpc) is 2.71. The molecule has 1 aromatic rings. The molecule has 1 N–H and O–H groups in total. The molecule has 1 saturated carbocycles. The number of benzene rings is 1. The number of nitrogens with one attached hydrogen (secondary N) is 1. The van der Waals surface area contributed by atoms with Crippen molar-refractivity contribution in [2.75, 3.05) is 13.1 Å². The summed E-state index contributed by atoms with van der Waals surface area (Å²) in [4.78, 5) is 0. The van der Waals surface area contributed by atoms with E-state index in [1.807, 2.05) is 0 Å². The summed E-state index contributed by atoms with van der Waals surface area (Å²) in [5.74, 6) is 0.911. The smallest absolute Gasteiger partial charge is 0.0175 e. The Bertz CT molecular complexity index is 332. The molecule has 0 bridgehead atoms. The first-order valence-corrected chi connectivity index (χ1v) is 5.57. The van der Waals surface area contributed by atoms with E-state index in [9.17, 15) is 0 Å². The van der Waals surface area contributed by atoms with Gasteiger partial charge in [-0.05, 0) is 36.6 Å². The highest BCUT2D eigenvalue weighted by atomic mass is 79.9. The predicted molar refractivity (Wildman–Crippen MR) is 56.8 cm³/mol. The molecule has 2 fully saturated rings. The van der Waals surface area contributed by atoms with Crippen LogP contribution in [0.5, 0.6) is 0 Å². The summed E-state index contributed by atoms with van der Waals surface area (Å²) >= 11 is 3.47. The summed E-state index contributed by atoms with van der Waals surface area (Å²) in [7, 11) is 0. The fourth-order valence-corrected chi connectivity index (χ4v) is 2.84. The second-order valence-corrected chi connectivity index (χ2v) is 5.11. The van der Waals surface area contributed by atoms with Gasteiger partial charge in [-0.1, -0.05) is 28.1 Å². The van der Waals surface area contributed by atoms with Crippen LogP contribution in [0.25, 0.3) is 0 Å². The summed E-state index contributed by atoms with van der Waals surface area (Å²) in [6.07, 6.45) is 1.39. The SMILES string of the molecule is Brc1ccc(C23CNCC2C3)cc1. The first kappa shape index (κ1) is 8.01. The van der Waals surface area contributed by atoms with E-state index >= 15 is 0 Å². The van der Waals surface area contributed by atoms with Crippen molar-refractivity contribution in [1.82, 2.24) is 5.32 Å². The topological polar surface area (TPSA) is 12.0 Å². The number of hydrogen-bond donors (Lipinski definition) is 1. The molecular formula is C11H12BrN. The summed E-state index contributed by atoms with van der Waals surface area (Å²) < 4.78 is 1.18. The summed E-state index contributed by atoms with van der Waals surface area (Å²) in [6.45, 7) is 2.40. The van der Waals surface area contributed by atoms with E-state index < -0.39 is 0 Å². The molecule has 2 aliphatic rings. The molecule has 2 unspecified atom stereocenters. The summed E-state index contributed by atoms with van der Waals surface area (Å²) in [5.41, 5.74) is 2.03. The molecule has 1 aliphatic heterocycles. The zero-order valence-corrected chi connectivity index (χ0v) is 8.97. The maximum Gasteiger partial charge on any atom is 0.0175 e. The molecular weight excluding hydrogens is 226 g/mol. The summed E-state index contributed by atoms with van der Waals surface area (Å²) in [6, 6.07) is 8.82. The third-order valence-electron chi connectivity index (χ3n) is 3.48. The van der Waals surface area contributed by atoms with E-state index in [0.717, 1.165) is 5.92 Å². The number of piperidine rings is 1. The van der Waals surface area contributed by atoms with Crippen LogP contribution in [0.15, 0.2) is 28.7 Å². The average molecular weight is 238 g/mol. The number of fused-ring (bicyclic) bond motifs is 1. The lowest BCUT2D eigenvalue weighted by molar-refractivity contribution is 0.675. The van der Waals surface area contributed by atoms with Crippen LogP contribution in [-0.2, 0) is 5.41 Å². The Balaban J connectivity index is 1.97. The van der Waals surface area contributed by atoms with Crippen molar-refractivity contribution in [1.29, 1.82) is 0 Å². The van der Waals surface area contributed by atoms with E-state index in [-0.39, 0.29) is 0 Å². The third kappa shape index (κ3) is 1.09. The first-order chi connectivity index (χ1) is 6.31. The Kier molecular flexibility index (Phi) is 1.59.